The maximum Gasteiger partial charge on any atom is 0.253 e. The third kappa shape index (κ3) is 4.35. The molecule has 0 unspecified atom stereocenters. The van der Waals surface area contributed by atoms with Crippen molar-refractivity contribution in [2.75, 3.05) is 18.4 Å². The monoisotopic (exact) mass is 385 g/mol. The highest BCUT2D eigenvalue weighted by Crippen LogP contribution is 2.24. The Bertz CT molecular complexity index is 1060. The Hall–Kier alpha value is -3.47. The zero-order valence-electron chi connectivity index (χ0n) is 16.2. The number of nitrogens with zero attached hydrogens (tertiary/aromatic N) is 2. The van der Waals surface area contributed by atoms with Crippen molar-refractivity contribution in [1.82, 2.24) is 9.88 Å². The highest BCUT2D eigenvalue weighted by atomic mass is 16.2. The minimum Gasteiger partial charge on any atom is -0.338 e. The fourth-order valence-corrected chi connectivity index (χ4v) is 3.79. The van der Waals surface area contributed by atoms with Gasteiger partial charge >= 0.3 is 0 Å². The number of benzene rings is 2. The van der Waals surface area contributed by atoms with Crippen molar-refractivity contribution >= 4 is 28.3 Å². The van der Waals surface area contributed by atoms with Gasteiger partial charge in [-0.25, -0.2) is 0 Å². The number of anilines is 1. The number of amides is 2. The summed E-state index contributed by atoms with van der Waals surface area (Å²) in [5.41, 5.74) is 2.35. The number of likely N-dealkylation sites (tertiary alicyclic amines) is 1. The topological polar surface area (TPSA) is 62.3 Å². The molecule has 3 aromatic rings. The summed E-state index contributed by atoms with van der Waals surface area (Å²) in [6.45, 7) is 4.92. The van der Waals surface area contributed by atoms with Crippen molar-refractivity contribution in [2.24, 2.45) is 5.92 Å². The van der Waals surface area contributed by atoms with Crippen LogP contribution in [0.5, 0.6) is 0 Å². The Labute approximate surface area is 170 Å². The van der Waals surface area contributed by atoms with E-state index in [2.05, 4.69) is 35.1 Å². The van der Waals surface area contributed by atoms with Gasteiger partial charge in [-0.3, -0.25) is 14.6 Å². The molecule has 29 heavy (non-hydrogen) atoms. The molecule has 4 rings (SSSR count). The second-order valence-electron chi connectivity index (χ2n) is 7.40. The summed E-state index contributed by atoms with van der Waals surface area (Å²) in [6, 6.07) is 17.3. The van der Waals surface area contributed by atoms with Gasteiger partial charge in [-0.05, 0) is 60.6 Å². The van der Waals surface area contributed by atoms with Crippen molar-refractivity contribution in [3.05, 3.63) is 84.7 Å². The third-order valence-corrected chi connectivity index (χ3v) is 5.34. The molecule has 146 valence electrons. The van der Waals surface area contributed by atoms with Crippen molar-refractivity contribution < 1.29 is 9.59 Å². The van der Waals surface area contributed by atoms with Gasteiger partial charge in [0, 0.05) is 41.6 Å². The third-order valence-electron chi connectivity index (χ3n) is 5.34. The van der Waals surface area contributed by atoms with E-state index in [1.165, 1.54) is 11.5 Å². The van der Waals surface area contributed by atoms with Crippen LogP contribution in [0.2, 0.25) is 0 Å². The molecule has 2 amide bonds. The summed E-state index contributed by atoms with van der Waals surface area (Å²) in [5, 5.41) is 5.03. The predicted octanol–water partition coefficient (Wildman–Crippen LogP) is 4.06. The molecular formula is C24H23N3O2. The van der Waals surface area contributed by atoms with Crippen LogP contribution in [0.1, 0.15) is 22.5 Å². The molecule has 1 aliphatic rings. The number of pyridine rings is 1. The lowest BCUT2D eigenvalue weighted by Gasteiger charge is -2.17. The Morgan fingerprint density at radius 1 is 1.14 bits per heavy atom. The molecule has 0 radical (unpaired) electrons. The number of nitrogens with one attached hydrogen (secondary N) is 1. The normalized spacial score (nSPS) is 16.0. The smallest absolute Gasteiger partial charge is 0.253 e. The average molecular weight is 385 g/mol. The van der Waals surface area contributed by atoms with Gasteiger partial charge < -0.3 is 10.2 Å². The number of hydrogen-bond acceptors (Lipinski definition) is 3. The number of carbonyl (C=O) groups is 2. The number of carbonyl (C=O) groups excluding carboxylic acids is 2. The van der Waals surface area contributed by atoms with Crippen LogP contribution in [0, 0.1) is 5.92 Å². The Balaban J connectivity index is 1.37. The van der Waals surface area contributed by atoms with Crippen LogP contribution in [0.3, 0.4) is 0 Å². The van der Waals surface area contributed by atoms with Gasteiger partial charge in [-0.2, -0.15) is 0 Å². The number of hydrogen-bond donors (Lipinski definition) is 1. The molecule has 0 saturated carbocycles. The predicted molar refractivity (Wildman–Crippen MR) is 115 cm³/mol. The van der Waals surface area contributed by atoms with E-state index in [0.717, 1.165) is 37.0 Å². The van der Waals surface area contributed by atoms with E-state index in [1.807, 2.05) is 23.2 Å². The molecule has 2 aromatic carbocycles. The van der Waals surface area contributed by atoms with Gasteiger partial charge in [0.1, 0.15) is 0 Å². The second-order valence-corrected chi connectivity index (χ2v) is 7.40. The van der Waals surface area contributed by atoms with Crippen LogP contribution in [0.25, 0.3) is 10.8 Å². The molecule has 0 bridgehead atoms. The molecule has 1 aliphatic heterocycles. The first kappa shape index (κ1) is 18.9. The van der Waals surface area contributed by atoms with E-state index in [1.54, 1.807) is 24.3 Å². The Morgan fingerprint density at radius 3 is 2.66 bits per heavy atom. The summed E-state index contributed by atoms with van der Waals surface area (Å²) in [4.78, 5) is 30.7. The summed E-state index contributed by atoms with van der Waals surface area (Å²) in [5.74, 6) is 0.174. The maximum atomic E-state index is 12.8. The average Bonchev–Trinajstić information content (AvgIpc) is 3.22. The highest BCUT2D eigenvalue weighted by Gasteiger charge is 2.27. The van der Waals surface area contributed by atoms with Crippen LogP contribution in [-0.2, 0) is 11.2 Å². The maximum absolute atomic E-state index is 12.8. The summed E-state index contributed by atoms with van der Waals surface area (Å²) in [7, 11) is 0. The number of rotatable bonds is 5. The molecule has 1 saturated heterocycles. The molecule has 5 nitrogen and oxygen atoms in total. The lowest BCUT2D eigenvalue weighted by atomic mass is 10.0. The van der Waals surface area contributed by atoms with Crippen molar-refractivity contribution in [3.8, 4) is 0 Å². The molecule has 5 heteroatoms. The zero-order chi connectivity index (χ0) is 20.2. The standard InChI is InChI=1S/C24H23N3O2/c1-2-23(28)26-21-9-7-18(8-10-21)24(29)27-12-11-17(16-27)13-22-14-19-5-3-4-6-20(19)15-25-22/h2-10,14-15,17H,1,11-13,16H2,(H,26,28)/t17-/m0/s1. The first-order chi connectivity index (χ1) is 14.1. The minimum absolute atomic E-state index is 0.0283. The molecule has 1 N–H and O–H groups in total. The van der Waals surface area contributed by atoms with E-state index in [9.17, 15) is 9.59 Å². The van der Waals surface area contributed by atoms with Gasteiger partial charge in [-0.15, -0.1) is 0 Å². The molecule has 2 heterocycles. The molecule has 1 fully saturated rings. The first-order valence-corrected chi connectivity index (χ1v) is 9.79. The van der Waals surface area contributed by atoms with Gasteiger partial charge in [0.15, 0.2) is 0 Å². The van der Waals surface area contributed by atoms with Gasteiger partial charge in [0.25, 0.3) is 5.91 Å². The van der Waals surface area contributed by atoms with Crippen LogP contribution < -0.4 is 5.32 Å². The molecule has 0 aliphatic carbocycles. The van der Waals surface area contributed by atoms with Gasteiger partial charge in [0.2, 0.25) is 5.91 Å². The first-order valence-electron chi connectivity index (χ1n) is 9.79. The van der Waals surface area contributed by atoms with Crippen LogP contribution in [-0.4, -0.2) is 34.8 Å². The van der Waals surface area contributed by atoms with E-state index in [-0.39, 0.29) is 11.8 Å². The quantitative estimate of drug-likeness (QED) is 0.674. The molecular weight excluding hydrogens is 362 g/mol. The minimum atomic E-state index is -0.270. The molecule has 0 spiro atoms. The fourth-order valence-electron chi connectivity index (χ4n) is 3.79. The zero-order valence-corrected chi connectivity index (χ0v) is 16.2. The van der Waals surface area contributed by atoms with E-state index >= 15 is 0 Å². The van der Waals surface area contributed by atoms with Gasteiger partial charge in [0.05, 0.1) is 0 Å². The fraction of sp³-hybridized carbons (Fsp3) is 0.208. The van der Waals surface area contributed by atoms with Crippen LogP contribution >= 0.6 is 0 Å². The lowest BCUT2D eigenvalue weighted by molar-refractivity contribution is -0.111. The van der Waals surface area contributed by atoms with E-state index in [0.29, 0.717) is 17.2 Å². The van der Waals surface area contributed by atoms with E-state index < -0.39 is 0 Å². The Kier molecular flexibility index (Phi) is 5.38. The summed E-state index contributed by atoms with van der Waals surface area (Å²) >= 11 is 0. The van der Waals surface area contributed by atoms with Crippen molar-refractivity contribution in [2.45, 2.75) is 12.8 Å². The summed E-state index contributed by atoms with van der Waals surface area (Å²) in [6.07, 6.45) is 5.00. The highest BCUT2D eigenvalue weighted by molar-refractivity contribution is 5.99. The lowest BCUT2D eigenvalue weighted by Crippen LogP contribution is -2.29. The van der Waals surface area contributed by atoms with Crippen LogP contribution in [0.15, 0.2) is 73.4 Å². The van der Waals surface area contributed by atoms with Crippen LogP contribution in [0.4, 0.5) is 5.69 Å². The molecule has 1 atom stereocenters. The van der Waals surface area contributed by atoms with E-state index in [4.69, 9.17) is 0 Å². The number of aromatic nitrogens is 1. The Morgan fingerprint density at radius 2 is 1.90 bits per heavy atom. The summed E-state index contributed by atoms with van der Waals surface area (Å²) < 4.78 is 0. The largest absolute Gasteiger partial charge is 0.338 e. The SMILES string of the molecule is C=CC(=O)Nc1ccc(C(=O)N2CC[C@@H](Cc3cc4ccccc4cn3)C2)cc1. The second kappa shape index (κ2) is 8.27. The van der Waals surface area contributed by atoms with Crippen molar-refractivity contribution in [3.63, 3.8) is 0 Å². The molecule has 1 aromatic heterocycles. The van der Waals surface area contributed by atoms with Crippen molar-refractivity contribution in [1.29, 1.82) is 0 Å². The number of fused-ring (bicyclic) bond motifs is 1. The van der Waals surface area contributed by atoms with Gasteiger partial charge in [-0.1, -0.05) is 30.8 Å².